The van der Waals surface area contributed by atoms with Gasteiger partial charge in [-0.15, -0.1) is 12.4 Å². The highest BCUT2D eigenvalue weighted by molar-refractivity contribution is 5.85. The molecule has 0 atom stereocenters. The summed E-state index contributed by atoms with van der Waals surface area (Å²) in [5, 5.41) is 0. The highest BCUT2D eigenvalue weighted by atomic mass is 35.5. The Morgan fingerprint density at radius 1 is 1.36 bits per heavy atom. The Kier molecular flexibility index (Phi) is 2.15. The van der Waals surface area contributed by atoms with Crippen molar-refractivity contribution in [2.45, 2.75) is 6.92 Å². The molecule has 0 saturated heterocycles. The number of aryl methyl sites for hydroxylation is 1. The summed E-state index contributed by atoms with van der Waals surface area (Å²) in [6.45, 7) is 2.06. The fraction of sp³-hybridized carbons (Fsp3) is 0.125. The van der Waals surface area contributed by atoms with E-state index in [2.05, 4.69) is 18.0 Å². The molecule has 2 heterocycles. The van der Waals surface area contributed by atoms with Crippen molar-refractivity contribution in [3.05, 3.63) is 36.3 Å². The van der Waals surface area contributed by atoms with Crippen LogP contribution in [0, 0.1) is 6.92 Å². The first-order chi connectivity index (χ1) is 4.88. The first-order valence-electron chi connectivity index (χ1n) is 3.26. The molecule has 0 fully saturated rings. The molecule has 11 heavy (non-hydrogen) atoms. The van der Waals surface area contributed by atoms with Crippen LogP contribution in [0.4, 0.5) is 0 Å². The summed E-state index contributed by atoms with van der Waals surface area (Å²) in [6.07, 6.45) is 5.75. The van der Waals surface area contributed by atoms with E-state index in [0.29, 0.717) is 0 Å². The van der Waals surface area contributed by atoms with Crippen molar-refractivity contribution in [1.29, 1.82) is 0 Å². The van der Waals surface area contributed by atoms with Gasteiger partial charge in [0.05, 0.1) is 0 Å². The Bertz CT molecular complexity index is 354. The minimum Gasteiger partial charge on any atom is -0.307 e. The molecular weight excluding hydrogens is 160 g/mol. The van der Waals surface area contributed by atoms with Crippen LogP contribution < -0.4 is 0 Å². The van der Waals surface area contributed by atoms with E-state index >= 15 is 0 Å². The lowest BCUT2D eigenvalue weighted by molar-refractivity contribution is 1.16. The molecule has 2 aromatic rings. The number of pyridine rings is 1. The third-order valence-electron chi connectivity index (χ3n) is 1.61. The number of aromatic nitrogens is 2. The zero-order chi connectivity index (χ0) is 6.97. The van der Waals surface area contributed by atoms with Crippen LogP contribution in [-0.2, 0) is 0 Å². The second kappa shape index (κ2) is 2.93. The van der Waals surface area contributed by atoms with Crippen molar-refractivity contribution in [2.24, 2.45) is 0 Å². The largest absolute Gasteiger partial charge is 0.307 e. The van der Waals surface area contributed by atoms with Crippen molar-refractivity contribution in [3.63, 3.8) is 0 Å². The van der Waals surface area contributed by atoms with Crippen molar-refractivity contribution in [3.8, 4) is 0 Å². The highest BCUT2D eigenvalue weighted by Crippen LogP contribution is 2.05. The van der Waals surface area contributed by atoms with E-state index in [1.54, 1.807) is 0 Å². The molecule has 2 rings (SSSR count). The van der Waals surface area contributed by atoms with Gasteiger partial charge in [-0.1, -0.05) is 6.07 Å². The molecule has 2 nitrogen and oxygen atoms in total. The van der Waals surface area contributed by atoms with Crippen molar-refractivity contribution in [2.75, 3.05) is 0 Å². The van der Waals surface area contributed by atoms with Gasteiger partial charge in [-0.05, 0) is 18.6 Å². The van der Waals surface area contributed by atoms with E-state index < -0.39 is 0 Å². The van der Waals surface area contributed by atoms with E-state index in [0.717, 1.165) is 5.65 Å². The zero-order valence-corrected chi connectivity index (χ0v) is 7.01. The van der Waals surface area contributed by atoms with Crippen molar-refractivity contribution in [1.82, 2.24) is 9.38 Å². The molecule has 0 bridgehead atoms. The number of rotatable bonds is 0. The van der Waals surface area contributed by atoms with Gasteiger partial charge in [-0.25, -0.2) is 4.98 Å². The smallest absolute Gasteiger partial charge is 0.139 e. The monoisotopic (exact) mass is 168 g/mol. The minimum absolute atomic E-state index is 0. The maximum atomic E-state index is 4.18. The van der Waals surface area contributed by atoms with Gasteiger partial charge in [0.25, 0.3) is 0 Å². The summed E-state index contributed by atoms with van der Waals surface area (Å²) < 4.78 is 2.01. The van der Waals surface area contributed by atoms with Crippen LogP contribution in [0.3, 0.4) is 0 Å². The normalized spacial score (nSPS) is 9.55. The van der Waals surface area contributed by atoms with Crippen molar-refractivity contribution < 1.29 is 0 Å². The van der Waals surface area contributed by atoms with Crippen molar-refractivity contribution >= 4 is 18.1 Å². The number of nitrogens with zero attached hydrogens (tertiary/aromatic N) is 2. The van der Waals surface area contributed by atoms with Gasteiger partial charge in [-0.3, -0.25) is 0 Å². The van der Waals surface area contributed by atoms with Gasteiger partial charge in [-0.2, -0.15) is 0 Å². The molecule has 58 valence electrons. The molecular formula is C8H9ClN2. The maximum Gasteiger partial charge on any atom is 0.139 e. The van der Waals surface area contributed by atoms with Crippen LogP contribution >= 0.6 is 12.4 Å². The van der Waals surface area contributed by atoms with Crippen LogP contribution in [0.15, 0.2) is 30.7 Å². The third-order valence-corrected chi connectivity index (χ3v) is 1.61. The van der Waals surface area contributed by atoms with Crippen LogP contribution in [-0.4, -0.2) is 9.38 Å². The second-order valence-corrected chi connectivity index (χ2v) is 2.35. The van der Waals surface area contributed by atoms with Crippen LogP contribution in [0.2, 0.25) is 0 Å². The molecule has 0 radical (unpaired) electrons. The molecule has 0 N–H and O–H groups in total. The van der Waals surface area contributed by atoms with Gasteiger partial charge >= 0.3 is 0 Å². The standard InChI is InChI=1S/C8H8N2.ClH/c1-7-3-2-5-10-6-4-9-8(7)10;/h2-6H,1H3;1H. The van der Waals surface area contributed by atoms with Gasteiger partial charge in [0, 0.05) is 18.6 Å². The molecule has 0 aliphatic heterocycles. The third kappa shape index (κ3) is 1.21. The van der Waals surface area contributed by atoms with Gasteiger partial charge in [0.2, 0.25) is 0 Å². The van der Waals surface area contributed by atoms with Gasteiger partial charge < -0.3 is 4.40 Å². The number of fused-ring (bicyclic) bond motifs is 1. The van der Waals surface area contributed by atoms with Gasteiger partial charge in [0.1, 0.15) is 5.65 Å². The summed E-state index contributed by atoms with van der Waals surface area (Å²) in [4.78, 5) is 4.18. The van der Waals surface area contributed by atoms with Gasteiger partial charge in [0.15, 0.2) is 0 Å². The van der Waals surface area contributed by atoms with E-state index in [1.807, 2.05) is 29.1 Å². The Hall–Kier alpha value is -1.02. The SMILES string of the molecule is Cc1cccn2ccnc12.Cl. The first kappa shape index (κ1) is 8.08. The molecule has 0 unspecified atom stereocenters. The number of halogens is 1. The van der Waals surface area contributed by atoms with E-state index in [-0.39, 0.29) is 12.4 Å². The Balaban J connectivity index is 0.000000605. The average Bonchev–Trinajstić information content (AvgIpc) is 2.36. The molecule has 2 aromatic heterocycles. The molecule has 0 aliphatic carbocycles. The maximum absolute atomic E-state index is 4.18. The average molecular weight is 169 g/mol. The highest BCUT2D eigenvalue weighted by Gasteiger charge is 1.93. The summed E-state index contributed by atoms with van der Waals surface area (Å²) in [5.41, 5.74) is 2.26. The summed E-state index contributed by atoms with van der Waals surface area (Å²) in [6, 6.07) is 4.08. The molecule has 0 amide bonds. The minimum atomic E-state index is 0. The lowest BCUT2D eigenvalue weighted by Gasteiger charge is -1.94. The number of imidazole rings is 1. The summed E-state index contributed by atoms with van der Waals surface area (Å²) >= 11 is 0. The Morgan fingerprint density at radius 2 is 2.18 bits per heavy atom. The molecule has 3 heteroatoms. The fourth-order valence-electron chi connectivity index (χ4n) is 1.09. The van der Waals surface area contributed by atoms with E-state index in [9.17, 15) is 0 Å². The summed E-state index contributed by atoms with van der Waals surface area (Å²) in [5.74, 6) is 0. The second-order valence-electron chi connectivity index (χ2n) is 2.35. The quantitative estimate of drug-likeness (QED) is 0.589. The zero-order valence-electron chi connectivity index (χ0n) is 6.19. The summed E-state index contributed by atoms with van der Waals surface area (Å²) in [7, 11) is 0. The van der Waals surface area contributed by atoms with Crippen LogP contribution in [0.25, 0.3) is 5.65 Å². The topological polar surface area (TPSA) is 17.3 Å². The van der Waals surface area contributed by atoms with Crippen LogP contribution in [0.1, 0.15) is 5.56 Å². The molecule has 0 aliphatic rings. The molecule has 0 saturated carbocycles. The lowest BCUT2D eigenvalue weighted by Crippen LogP contribution is -1.83. The number of hydrogen-bond donors (Lipinski definition) is 0. The van der Waals surface area contributed by atoms with E-state index in [4.69, 9.17) is 0 Å². The molecule has 0 aromatic carbocycles. The Labute approximate surface area is 71.3 Å². The lowest BCUT2D eigenvalue weighted by atomic mass is 10.3. The predicted octanol–water partition coefficient (Wildman–Crippen LogP) is 2.06. The van der Waals surface area contributed by atoms with Crippen LogP contribution in [0.5, 0.6) is 0 Å². The fourth-order valence-corrected chi connectivity index (χ4v) is 1.09. The first-order valence-corrected chi connectivity index (χ1v) is 3.26. The molecule has 0 spiro atoms. The Morgan fingerprint density at radius 3 is 2.91 bits per heavy atom. The predicted molar refractivity (Wildman–Crippen MR) is 47.2 cm³/mol. The number of hydrogen-bond acceptors (Lipinski definition) is 1. The van der Waals surface area contributed by atoms with E-state index in [1.165, 1.54) is 5.56 Å².